The predicted octanol–water partition coefficient (Wildman–Crippen LogP) is 3.49. The molecule has 0 saturated carbocycles. The van der Waals surface area contributed by atoms with Crippen molar-refractivity contribution in [3.63, 3.8) is 0 Å². The van der Waals surface area contributed by atoms with Crippen molar-refractivity contribution in [2.75, 3.05) is 24.3 Å². The van der Waals surface area contributed by atoms with Crippen LogP contribution in [-0.4, -0.2) is 20.0 Å². The van der Waals surface area contributed by atoms with Crippen molar-refractivity contribution in [1.29, 1.82) is 0 Å². The molecular weight excluding hydrogens is 260 g/mol. The van der Waals surface area contributed by atoms with Crippen molar-refractivity contribution in [3.8, 4) is 0 Å². The Kier molecular flexibility index (Phi) is 3.65. The number of carbonyl (C=O) groups is 1. The fourth-order valence-corrected chi connectivity index (χ4v) is 2.88. The van der Waals surface area contributed by atoms with Crippen molar-refractivity contribution in [2.45, 2.75) is 19.3 Å². The summed E-state index contributed by atoms with van der Waals surface area (Å²) in [5.74, 6) is -0.0426. The molecule has 0 radical (unpaired) electrons. The van der Waals surface area contributed by atoms with Gasteiger partial charge in [0.15, 0.2) is 0 Å². The average molecular weight is 280 g/mol. The molecule has 0 fully saturated rings. The molecular formula is C18H20N2O. The normalized spacial score (nSPS) is 12.9. The van der Waals surface area contributed by atoms with Gasteiger partial charge >= 0.3 is 0 Å². The van der Waals surface area contributed by atoms with Crippen LogP contribution in [0.1, 0.15) is 27.9 Å². The van der Waals surface area contributed by atoms with Gasteiger partial charge in [0, 0.05) is 19.7 Å². The molecule has 0 aromatic heterocycles. The molecule has 0 saturated heterocycles. The van der Waals surface area contributed by atoms with E-state index in [9.17, 15) is 4.79 Å². The second-order valence-electron chi connectivity index (χ2n) is 5.70. The second-order valence-corrected chi connectivity index (χ2v) is 5.70. The summed E-state index contributed by atoms with van der Waals surface area (Å²) in [4.78, 5) is 14.5. The van der Waals surface area contributed by atoms with E-state index in [0.717, 1.165) is 29.8 Å². The van der Waals surface area contributed by atoms with Crippen LogP contribution < -0.4 is 10.2 Å². The Balaban J connectivity index is 1.84. The molecule has 2 aromatic rings. The number of carbonyl (C=O) groups excluding carboxylic acids is 1. The van der Waals surface area contributed by atoms with E-state index in [2.05, 4.69) is 11.4 Å². The summed E-state index contributed by atoms with van der Waals surface area (Å²) in [6, 6.07) is 13.9. The lowest BCUT2D eigenvalue weighted by Gasteiger charge is -2.17. The number of amides is 1. The van der Waals surface area contributed by atoms with E-state index in [1.54, 1.807) is 0 Å². The Morgan fingerprint density at radius 1 is 1.05 bits per heavy atom. The average Bonchev–Trinajstić information content (AvgIpc) is 2.94. The zero-order valence-electron chi connectivity index (χ0n) is 12.5. The summed E-state index contributed by atoms with van der Waals surface area (Å²) in [5, 5.41) is 3.02. The Hall–Kier alpha value is -2.29. The minimum Gasteiger partial charge on any atom is -0.376 e. The van der Waals surface area contributed by atoms with Gasteiger partial charge in [0.1, 0.15) is 0 Å². The highest BCUT2D eigenvalue weighted by Crippen LogP contribution is 2.26. The van der Waals surface area contributed by atoms with Gasteiger partial charge in [-0.1, -0.05) is 18.2 Å². The first kappa shape index (κ1) is 13.7. The Morgan fingerprint density at radius 3 is 2.62 bits per heavy atom. The van der Waals surface area contributed by atoms with Crippen LogP contribution in [0.3, 0.4) is 0 Å². The topological polar surface area (TPSA) is 32.3 Å². The van der Waals surface area contributed by atoms with E-state index in [-0.39, 0.29) is 5.91 Å². The van der Waals surface area contributed by atoms with E-state index in [1.165, 1.54) is 17.5 Å². The van der Waals surface area contributed by atoms with E-state index >= 15 is 0 Å². The molecule has 1 amide bonds. The van der Waals surface area contributed by atoms with Gasteiger partial charge in [0.2, 0.25) is 0 Å². The fourth-order valence-electron chi connectivity index (χ4n) is 2.88. The number of fused-ring (bicyclic) bond motifs is 1. The molecule has 3 heteroatoms. The van der Waals surface area contributed by atoms with Crippen molar-refractivity contribution in [1.82, 2.24) is 0 Å². The standard InChI is InChI=1S/C18H20N2O/c1-20(2)17-9-4-3-8-16(17)19-18(21)15-11-10-13-6-5-7-14(13)12-15/h3-4,8-12H,5-7H2,1-2H3,(H,19,21). The molecule has 0 heterocycles. The van der Waals surface area contributed by atoms with E-state index in [1.807, 2.05) is 55.4 Å². The molecule has 0 spiro atoms. The number of hydrogen-bond acceptors (Lipinski definition) is 2. The van der Waals surface area contributed by atoms with Crippen LogP contribution in [0.15, 0.2) is 42.5 Å². The molecule has 2 aromatic carbocycles. The van der Waals surface area contributed by atoms with E-state index < -0.39 is 0 Å². The number of hydrogen-bond donors (Lipinski definition) is 1. The third-order valence-corrected chi connectivity index (χ3v) is 3.99. The van der Waals surface area contributed by atoms with E-state index in [4.69, 9.17) is 0 Å². The summed E-state index contributed by atoms with van der Waals surface area (Å²) in [6.07, 6.45) is 3.43. The van der Waals surface area contributed by atoms with Crippen LogP contribution in [0.25, 0.3) is 0 Å². The van der Waals surface area contributed by atoms with E-state index in [0.29, 0.717) is 0 Å². The molecule has 1 aliphatic rings. The minimum absolute atomic E-state index is 0.0426. The number of rotatable bonds is 3. The van der Waals surface area contributed by atoms with Gasteiger partial charge in [0.25, 0.3) is 5.91 Å². The molecule has 108 valence electrons. The van der Waals surface area contributed by atoms with Crippen molar-refractivity contribution < 1.29 is 4.79 Å². The highest BCUT2D eigenvalue weighted by molar-refractivity contribution is 6.06. The lowest BCUT2D eigenvalue weighted by atomic mass is 10.1. The molecule has 3 rings (SSSR count). The lowest BCUT2D eigenvalue weighted by Crippen LogP contribution is -2.16. The van der Waals surface area contributed by atoms with Crippen LogP contribution in [0.2, 0.25) is 0 Å². The first-order valence-corrected chi connectivity index (χ1v) is 7.34. The first-order chi connectivity index (χ1) is 10.1. The molecule has 0 atom stereocenters. The molecule has 1 aliphatic carbocycles. The fraction of sp³-hybridized carbons (Fsp3) is 0.278. The highest BCUT2D eigenvalue weighted by Gasteiger charge is 2.15. The van der Waals surface area contributed by atoms with Gasteiger partial charge < -0.3 is 10.2 Å². The van der Waals surface area contributed by atoms with Gasteiger partial charge in [-0.25, -0.2) is 0 Å². The van der Waals surface area contributed by atoms with Crippen LogP contribution in [-0.2, 0) is 12.8 Å². The van der Waals surface area contributed by atoms with Gasteiger partial charge in [-0.05, 0) is 54.7 Å². The smallest absolute Gasteiger partial charge is 0.255 e. The van der Waals surface area contributed by atoms with Crippen molar-refractivity contribution >= 4 is 17.3 Å². The zero-order valence-corrected chi connectivity index (χ0v) is 12.5. The minimum atomic E-state index is -0.0426. The summed E-state index contributed by atoms with van der Waals surface area (Å²) in [6.45, 7) is 0. The van der Waals surface area contributed by atoms with Gasteiger partial charge in [0.05, 0.1) is 11.4 Å². The van der Waals surface area contributed by atoms with Crippen LogP contribution in [0.4, 0.5) is 11.4 Å². The Bertz CT molecular complexity index is 677. The third-order valence-electron chi connectivity index (χ3n) is 3.99. The molecule has 21 heavy (non-hydrogen) atoms. The number of nitrogens with one attached hydrogen (secondary N) is 1. The molecule has 1 N–H and O–H groups in total. The molecule has 0 unspecified atom stereocenters. The first-order valence-electron chi connectivity index (χ1n) is 7.34. The molecule has 0 bridgehead atoms. The summed E-state index contributed by atoms with van der Waals surface area (Å²) >= 11 is 0. The maximum absolute atomic E-state index is 12.5. The summed E-state index contributed by atoms with van der Waals surface area (Å²) in [5.41, 5.74) is 5.30. The number of para-hydroxylation sites is 2. The number of benzene rings is 2. The Labute approximate surface area is 125 Å². The van der Waals surface area contributed by atoms with Crippen LogP contribution in [0.5, 0.6) is 0 Å². The Morgan fingerprint density at radius 2 is 1.81 bits per heavy atom. The number of nitrogens with zero attached hydrogens (tertiary/aromatic N) is 1. The molecule has 0 aliphatic heterocycles. The lowest BCUT2D eigenvalue weighted by molar-refractivity contribution is 0.102. The van der Waals surface area contributed by atoms with Crippen molar-refractivity contribution in [2.24, 2.45) is 0 Å². The number of anilines is 2. The van der Waals surface area contributed by atoms with Gasteiger partial charge in [-0.15, -0.1) is 0 Å². The monoisotopic (exact) mass is 280 g/mol. The van der Waals surface area contributed by atoms with Crippen LogP contribution in [0, 0.1) is 0 Å². The zero-order chi connectivity index (χ0) is 14.8. The maximum Gasteiger partial charge on any atom is 0.255 e. The van der Waals surface area contributed by atoms with Crippen LogP contribution >= 0.6 is 0 Å². The predicted molar refractivity (Wildman–Crippen MR) is 87.2 cm³/mol. The van der Waals surface area contributed by atoms with Crippen molar-refractivity contribution in [3.05, 3.63) is 59.2 Å². The second kappa shape index (κ2) is 5.60. The largest absolute Gasteiger partial charge is 0.376 e. The highest BCUT2D eigenvalue weighted by atomic mass is 16.1. The summed E-state index contributed by atoms with van der Waals surface area (Å²) in [7, 11) is 3.95. The van der Waals surface area contributed by atoms with Gasteiger partial charge in [-0.3, -0.25) is 4.79 Å². The SMILES string of the molecule is CN(C)c1ccccc1NC(=O)c1ccc2c(c1)CCC2. The third kappa shape index (κ3) is 2.77. The van der Waals surface area contributed by atoms with Gasteiger partial charge in [-0.2, -0.15) is 0 Å². The number of aryl methyl sites for hydroxylation is 2. The quantitative estimate of drug-likeness (QED) is 0.933. The molecule has 3 nitrogen and oxygen atoms in total. The summed E-state index contributed by atoms with van der Waals surface area (Å²) < 4.78 is 0. The maximum atomic E-state index is 12.5.